The average molecular weight is 394 g/mol. The minimum atomic E-state index is -3.36. The lowest BCUT2D eigenvalue weighted by Gasteiger charge is -2.32. The van der Waals surface area contributed by atoms with Crippen molar-refractivity contribution in [2.75, 3.05) is 35.6 Å². The summed E-state index contributed by atoms with van der Waals surface area (Å²) in [6, 6.07) is 7.29. The highest BCUT2D eigenvalue weighted by atomic mass is 32.2. The molecule has 2 aliphatic heterocycles. The first-order valence-corrected chi connectivity index (χ1v) is 11.7. The molecule has 2 heterocycles. The van der Waals surface area contributed by atoms with Crippen LogP contribution >= 0.6 is 0 Å². The number of carbonyl (C=O) groups excluding carboxylic acids is 1. The minimum absolute atomic E-state index is 0.0972. The van der Waals surface area contributed by atoms with E-state index < -0.39 is 16.1 Å². The van der Waals surface area contributed by atoms with E-state index in [0.29, 0.717) is 25.1 Å². The van der Waals surface area contributed by atoms with Gasteiger partial charge in [-0.2, -0.15) is 4.31 Å². The summed E-state index contributed by atoms with van der Waals surface area (Å²) in [6.45, 7) is 6.71. The Morgan fingerprint density at radius 1 is 1.11 bits per heavy atom. The van der Waals surface area contributed by atoms with E-state index in [-0.39, 0.29) is 11.7 Å². The maximum absolute atomic E-state index is 12.7. The van der Waals surface area contributed by atoms with E-state index in [1.807, 2.05) is 31.2 Å². The van der Waals surface area contributed by atoms with Crippen LogP contribution in [0.2, 0.25) is 0 Å². The van der Waals surface area contributed by atoms with Crippen LogP contribution in [0.1, 0.15) is 46.0 Å². The van der Waals surface area contributed by atoms with E-state index >= 15 is 0 Å². The summed E-state index contributed by atoms with van der Waals surface area (Å²) in [5.41, 5.74) is 1.89. The Morgan fingerprint density at radius 2 is 1.78 bits per heavy atom. The smallest absolute Gasteiger partial charge is 0.242 e. The van der Waals surface area contributed by atoms with Crippen molar-refractivity contribution >= 4 is 27.3 Å². The van der Waals surface area contributed by atoms with Crippen LogP contribution in [0, 0.1) is 5.92 Å². The van der Waals surface area contributed by atoms with Crippen LogP contribution in [0.15, 0.2) is 24.3 Å². The van der Waals surface area contributed by atoms with E-state index in [1.165, 1.54) is 22.8 Å². The van der Waals surface area contributed by atoms with Gasteiger partial charge in [-0.25, -0.2) is 8.42 Å². The van der Waals surface area contributed by atoms with Gasteiger partial charge in [0.25, 0.3) is 0 Å². The van der Waals surface area contributed by atoms with Crippen LogP contribution in [-0.2, 0) is 14.8 Å². The number of carbonyl (C=O) groups is 1. The molecule has 1 aromatic rings. The van der Waals surface area contributed by atoms with Gasteiger partial charge >= 0.3 is 0 Å². The molecule has 7 heteroatoms. The van der Waals surface area contributed by atoms with Crippen LogP contribution in [0.5, 0.6) is 0 Å². The van der Waals surface area contributed by atoms with E-state index in [9.17, 15) is 13.2 Å². The van der Waals surface area contributed by atoms with E-state index in [4.69, 9.17) is 0 Å². The van der Waals surface area contributed by atoms with Gasteiger partial charge in [0.2, 0.25) is 15.9 Å². The number of nitrogens with zero attached hydrogens (tertiary/aromatic N) is 2. The van der Waals surface area contributed by atoms with Gasteiger partial charge in [0.05, 0.1) is 5.75 Å². The van der Waals surface area contributed by atoms with Gasteiger partial charge in [-0.3, -0.25) is 4.79 Å². The van der Waals surface area contributed by atoms with Gasteiger partial charge in [0, 0.05) is 31.0 Å². The molecule has 27 heavy (non-hydrogen) atoms. The molecule has 0 spiro atoms. The number of benzene rings is 1. The summed E-state index contributed by atoms with van der Waals surface area (Å²) in [4.78, 5) is 15.0. The van der Waals surface area contributed by atoms with E-state index in [2.05, 4.69) is 17.1 Å². The first kappa shape index (κ1) is 20.1. The first-order chi connectivity index (χ1) is 12.9. The van der Waals surface area contributed by atoms with Crippen LogP contribution in [0.25, 0.3) is 0 Å². The molecule has 1 aromatic carbocycles. The highest BCUT2D eigenvalue weighted by molar-refractivity contribution is 7.89. The van der Waals surface area contributed by atoms with Gasteiger partial charge in [-0.1, -0.05) is 13.8 Å². The largest absolute Gasteiger partial charge is 0.372 e. The third-order valence-corrected chi connectivity index (χ3v) is 7.69. The molecule has 1 unspecified atom stereocenters. The summed E-state index contributed by atoms with van der Waals surface area (Å²) in [7, 11) is -3.36. The van der Waals surface area contributed by atoms with Gasteiger partial charge < -0.3 is 10.2 Å². The van der Waals surface area contributed by atoms with Crippen molar-refractivity contribution in [2.45, 2.75) is 52.0 Å². The van der Waals surface area contributed by atoms with Crippen LogP contribution in [0.3, 0.4) is 0 Å². The zero-order valence-corrected chi connectivity index (χ0v) is 17.2. The molecule has 2 aliphatic rings. The fourth-order valence-corrected chi connectivity index (χ4v) is 5.70. The lowest BCUT2D eigenvalue weighted by molar-refractivity contribution is -0.119. The maximum Gasteiger partial charge on any atom is 0.242 e. The van der Waals surface area contributed by atoms with Crippen LogP contribution < -0.4 is 10.2 Å². The number of hydrogen-bond donors (Lipinski definition) is 1. The summed E-state index contributed by atoms with van der Waals surface area (Å²) in [6.07, 6.45) is 4.29. The number of sulfonamides is 1. The standard InChI is InChI=1S/C20H31N3O3S/c1-3-15-27(25,26)23-12-4-5-19(23)20(24)21-17-6-8-18(9-7-17)22-13-10-16(2)11-14-22/h6-9,16,19H,3-5,10-15H2,1-2H3,(H,21,24). The second kappa shape index (κ2) is 8.61. The molecule has 0 aromatic heterocycles. The zero-order valence-electron chi connectivity index (χ0n) is 16.4. The average Bonchev–Trinajstić information content (AvgIpc) is 3.14. The van der Waals surface area contributed by atoms with Crippen molar-refractivity contribution in [1.82, 2.24) is 4.31 Å². The fourth-order valence-electron chi connectivity index (χ4n) is 3.96. The molecule has 3 rings (SSSR count). The summed E-state index contributed by atoms with van der Waals surface area (Å²) in [5, 5.41) is 2.90. The van der Waals surface area contributed by atoms with Gasteiger partial charge in [0.15, 0.2) is 0 Å². The highest BCUT2D eigenvalue weighted by Gasteiger charge is 2.38. The number of piperidine rings is 1. The van der Waals surface area contributed by atoms with Gasteiger partial charge in [-0.05, 0) is 62.3 Å². The molecule has 0 aliphatic carbocycles. The molecule has 150 valence electrons. The van der Waals surface area contributed by atoms with Crippen molar-refractivity contribution in [3.8, 4) is 0 Å². The van der Waals surface area contributed by atoms with Crippen molar-refractivity contribution in [3.05, 3.63) is 24.3 Å². The molecule has 0 bridgehead atoms. The fraction of sp³-hybridized carbons (Fsp3) is 0.650. The predicted molar refractivity (Wildman–Crippen MR) is 109 cm³/mol. The van der Waals surface area contributed by atoms with Gasteiger partial charge in [0.1, 0.15) is 6.04 Å². The molecule has 2 saturated heterocycles. The lowest BCUT2D eigenvalue weighted by atomic mass is 9.99. The van der Waals surface area contributed by atoms with Crippen molar-refractivity contribution < 1.29 is 13.2 Å². The monoisotopic (exact) mass is 393 g/mol. The number of rotatable bonds is 6. The molecular weight excluding hydrogens is 362 g/mol. The summed E-state index contributed by atoms with van der Waals surface area (Å²) >= 11 is 0. The number of amides is 1. The molecule has 1 atom stereocenters. The minimum Gasteiger partial charge on any atom is -0.372 e. The molecule has 1 N–H and O–H groups in total. The topological polar surface area (TPSA) is 69.7 Å². The van der Waals surface area contributed by atoms with E-state index in [1.54, 1.807) is 0 Å². The molecular formula is C20H31N3O3S. The molecule has 0 saturated carbocycles. The lowest BCUT2D eigenvalue weighted by Crippen LogP contribution is -2.44. The first-order valence-electron chi connectivity index (χ1n) is 10.1. The molecule has 6 nitrogen and oxygen atoms in total. The van der Waals surface area contributed by atoms with Crippen molar-refractivity contribution in [3.63, 3.8) is 0 Å². The highest BCUT2D eigenvalue weighted by Crippen LogP contribution is 2.26. The van der Waals surface area contributed by atoms with E-state index in [0.717, 1.165) is 25.4 Å². The van der Waals surface area contributed by atoms with Gasteiger partial charge in [-0.15, -0.1) is 0 Å². The Bertz CT molecular complexity index is 740. The SMILES string of the molecule is CCCS(=O)(=O)N1CCCC1C(=O)Nc1ccc(N2CCC(C)CC2)cc1. The number of anilines is 2. The molecule has 0 radical (unpaired) electrons. The third kappa shape index (κ3) is 4.82. The van der Waals surface area contributed by atoms with Crippen LogP contribution in [0.4, 0.5) is 11.4 Å². The second-order valence-corrected chi connectivity index (χ2v) is 9.83. The van der Waals surface area contributed by atoms with Crippen LogP contribution in [-0.4, -0.2) is 50.1 Å². The maximum atomic E-state index is 12.7. The Morgan fingerprint density at radius 3 is 2.41 bits per heavy atom. The number of nitrogens with one attached hydrogen (secondary N) is 1. The zero-order chi connectivity index (χ0) is 19.4. The Kier molecular flexibility index (Phi) is 6.42. The third-order valence-electron chi connectivity index (χ3n) is 5.61. The Balaban J connectivity index is 1.62. The summed E-state index contributed by atoms with van der Waals surface area (Å²) in [5.74, 6) is 0.657. The van der Waals surface area contributed by atoms with Crippen molar-refractivity contribution in [2.24, 2.45) is 5.92 Å². The Hall–Kier alpha value is -1.60. The Labute approximate surface area is 163 Å². The predicted octanol–water partition coefficient (Wildman–Crippen LogP) is 3.07. The summed E-state index contributed by atoms with van der Waals surface area (Å²) < 4.78 is 26.2. The normalized spacial score (nSPS) is 22.1. The second-order valence-electron chi connectivity index (χ2n) is 7.79. The molecule has 2 fully saturated rings. The molecule has 1 amide bonds. The quantitative estimate of drug-likeness (QED) is 0.806. The number of hydrogen-bond acceptors (Lipinski definition) is 4. The van der Waals surface area contributed by atoms with Crippen molar-refractivity contribution in [1.29, 1.82) is 0 Å².